The maximum atomic E-state index is 5.65. The van der Waals surface area contributed by atoms with Crippen LogP contribution < -0.4 is 10.6 Å². The quantitative estimate of drug-likeness (QED) is 0.788. The lowest BCUT2D eigenvalue weighted by atomic mass is 10.2. The van der Waals surface area contributed by atoms with Crippen molar-refractivity contribution < 1.29 is 0 Å². The number of nitrogens with two attached hydrogens (primary N) is 1. The minimum absolute atomic E-state index is 0.235. The molecule has 0 heterocycles. The zero-order chi connectivity index (χ0) is 12.7. The lowest BCUT2D eigenvalue weighted by molar-refractivity contribution is 0.757. The fourth-order valence-corrected chi connectivity index (χ4v) is 1.42. The third-order valence-electron chi connectivity index (χ3n) is 2.45. The van der Waals surface area contributed by atoms with Gasteiger partial charge in [0.05, 0.1) is 0 Å². The van der Waals surface area contributed by atoms with Crippen molar-refractivity contribution in [3.8, 4) is 0 Å². The van der Waals surface area contributed by atoms with E-state index in [-0.39, 0.29) is 6.04 Å². The molecule has 0 aliphatic carbocycles. The van der Waals surface area contributed by atoms with E-state index in [1.807, 2.05) is 33.2 Å². The number of hydrogen-bond acceptors (Lipinski definition) is 2. The molecule has 2 nitrogen and oxygen atoms in total. The van der Waals surface area contributed by atoms with Crippen LogP contribution in [0, 0.1) is 0 Å². The van der Waals surface area contributed by atoms with E-state index >= 15 is 0 Å². The van der Waals surface area contributed by atoms with Gasteiger partial charge < -0.3 is 10.6 Å². The molecule has 2 N–H and O–H groups in total. The summed E-state index contributed by atoms with van der Waals surface area (Å²) in [4.78, 5) is 2.09. The first-order valence-electron chi connectivity index (χ1n) is 5.96. The molecule has 0 fully saturated rings. The highest BCUT2D eigenvalue weighted by Gasteiger charge is 1.92. The van der Waals surface area contributed by atoms with Crippen LogP contribution in [0.15, 0.2) is 42.5 Å². The Hall–Kier alpha value is -1.54. The van der Waals surface area contributed by atoms with Gasteiger partial charge in [0.15, 0.2) is 0 Å². The minimum Gasteiger partial charge on any atom is -0.378 e. The SMILES string of the molecule is CC(N)C/C=C/C=C/c1ccc(N(C)C)cc1. The van der Waals surface area contributed by atoms with E-state index in [1.54, 1.807) is 0 Å². The van der Waals surface area contributed by atoms with E-state index in [4.69, 9.17) is 5.73 Å². The van der Waals surface area contributed by atoms with Crippen molar-refractivity contribution in [3.05, 3.63) is 48.1 Å². The van der Waals surface area contributed by atoms with Crippen LogP contribution in [0.5, 0.6) is 0 Å². The second kappa shape index (κ2) is 6.92. The molecule has 0 radical (unpaired) electrons. The molecule has 1 rings (SSSR count). The molecule has 0 saturated heterocycles. The summed E-state index contributed by atoms with van der Waals surface area (Å²) >= 11 is 0. The normalized spacial score (nSPS) is 13.4. The van der Waals surface area contributed by atoms with Gasteiger partial charge >= 0.3 is 0 Å². The first kappa shape index (κ1) is 13.5. The molecular weight excluding hydrogens is 208 g/mol. The highest BCUT2D eigenvalue weighted by molar-refractivity contribution is 5.56. The van der Waals surface area contributed by atoms with Gasteiger partial charge in [-0.05, 0) is 31.0 Å². The molecule has 2 heteroatoms. The lowest BCUT2D eigenvalue weighted by Gasteiger charge is -2.11. The summed E-state index contributed by atoms with van der Waals surface area (Å²) in [5.41, 5.74) is 8.08. The zero-order valence-electron chi connectivity index (χ0n) is 10.9. The number of nitrogens with zero attached hydrogens (tertiary/aromatic N) is 1. The number of benzene rings is 1. The van der Waals surface area contributed by atoms with Crippen molar-refractivity contribution in [3.63, 3.8) is 0 Å². The highest BCUT2D eigenvalue weighted by Crippen LogP contribution is 2.13. The summed E-state index contributed by atoms with van der Waals surface area (Å²) in [6.07, 6.45) is 9.20. The van der Waals surface area contributed by atoms with E-state index in [0.717, 1.165) is 6.42 Å². The van der Waals surface area contributed by atoms with Gasteiger partial charge in [0, 0.05) is 25.8 Å². The van der Waals surface area contributed by atoms with Crippen LogP contribution in [0.4, 0.5) is 5.69 Å². The summed E-state index contributed by atoms with van der Waals surface area (Å²) in [7, 11) is 4.09. The number of hydrogen-bond donors (Lipinski definition) is 1. The topological polar surface area (TPSA) is 29.3 Å². The first-order valence-corrected chi connectivity index (χ1v) is 5.96. The maximum absolute atomic E-state index is 5.65. The molecule has 0 aliphatic rings. The Bertz CT molecular complexity index is 372. The highest BCUT2D eigenvalue weighted by atomic mass is 15.1. The Morgan fingerprint density at radius 3 is 2.35 bits per heavy atom. The van der Waals surface area contributed by atoms with Crippen molar-refractivity contribution >= 4 is 11.8 Å². The Balaban J connectivity index is 2.51. The summed E-state index contributed by atoms with van der Waals surface area (Å²) in [5, 5.41) is 0. The van der Waals surface area contributed by atoms with Gasteiger partial charge in [0.25, 0.3) is 0 Å². The summed E-state index contributed by atoms with van der Waals surface area (Å²) < 4.78 is 0. The molecule has 1 aromatic carbocycles. The molecule has 1 aromatic rings. The molecule has 1 unspecified atom stereocenters. The lowest BCUT2D eigenvalue weighted by Crippen LogP contribution is -2.12. The predicted octanol–water partition coefficient (Wildman–Crippen LogP) is 3.06. The molecule has 1 atom stereocenters. The van der Waals surface area contributed by atoms with E-state index in [1.165, 1.54) is 11.3 Å². The van der Waals surface area contributed by atoms with Crippen molar-refractivity contribution in [2.45, 2.75) is 19.4 Å². The molecule has 0 spiro atoms. The van der Waals surface area contributed by atoms with Gasteiger partial charge in [-0.3, -0.25) is 0 Å². The molecule has 0 aromatic heterocycles. The van der Waals surface area contributed by atoms with E-state index < -0.39 is 0 Å². The third kappa shape index (κ3) is 5.36. The van der Waals surface area contributed by atoms with Crippen molar-refractivity contribution in [2.75, 3.05) is 19.0 Å². The van der Waals surface area contributed by atoms with Crippen LogP contribution in [0.3, 0.4) is 0 Å². The Morgan fingerprint density at radius 2 is 1.82 bits per heavy atom. The summed E-state index contributed by atoms with van der Waals surface area (Å²) in [6.45, 7) is 2.01. The maximum Gasteiger partial charge on any atom is 0.0361 e. The van der Waals surface area contributed by atoms with Gasteiger partial charge in [0.2, 0.25) is 0 Å². The fourth-order valence-electron chi connectivity index (χ4n) is 1.42. The van der Waals surface area contributed by atoms with E-state index in [0.29, 0.717) is 0 Å². The standard InChI is InChI=1S/C15H22N2/c1-13(16)7-5-4-6-8-14-9-11-15(12-10-14)17(2)3/h4-6,8-13H,7,16H2,1-3H3/b5-4+,8-6+. The van der Waals surface area contributed by atoms with Crippen molar-refractivity contribution in [1.82, 2.24) is 0 Å². The number of anilines is 1. The van der Waals surface area contributed by atoms with Crippen LogP contribution in [0.2, 0.25) is 0 Å². The van der Waals surface area contributed by atoms with Crippen LogP contribution in [-0.2, 0) is 0 Å². The van der Waals surface area contributed by atoms with E-state index in [9.17, 15) is 0 Å². The second-order valence-corrected chi connectivity index (χ2v) is 4.49. The fraction of sp³-hybridized carbons (Fsp3) is 0.333. The average Bonchev–Trinajstić information content (AvgIpc) is 2.29. The minimum atomic E-state index is 0.235. The van der Waals surface area contributed by atoms with E-state index in [2.05, 4.69) is 41.3 Å². The second-order valence-electron chi connectivity index (χ2n) is 4.49. The largest absolute Gasteiger partial charge is 0.378 e. The Kier molecular flexibility index (Phi) is 5.50. The molecule has 17 heavy (non-hydrogen) atoms. The van der Waals surface area contributed by atoms with Gasteiger partial charge in [-0.2, -0.15) is 0 Å². The Morgan fingerprint density at radius 1 is 1.18 bits per heavy atom. The van der Waals surface area contributed by atoms with Gasteiger partial charge in [0.1, 0.15) is 0 Å². The molecule has 0 saturated carbocycles. The average molecular weight is 230 g/mol. The predicted molar refractivity (Wildman–Crippen MR) is 77.2 cm³/mol. The summed E-state index contributed by atoms with van der Waals surface area (Å²) in [6, 6.07) is 8.70. The van der Waals surface area contributed by atoms with Gasteiger partial charge in [-0.15, -0.1) is 0 Å². The summed E-state index contributed by atoms with van der Waals surface area (Å²) in [5.74, 6) is 0. The monoisotopic (exact) mass is 230 g/mol. The van der Waals surface area contributed by atoms with Gasteiger partial charge in [-0.1, -0.05) is 36.4 Å². The smallest absolute Gasteiger partial charge is 0.0361 e. The van der Waals surface area contributed by atoms with Crippen LogP contribution in [0.25, 0.3) is 6.08 Å². The third-order valence-corrected chi connectivity index (χ3v) is 2.45. The molecule has 0 aliphatic heterocycles. The Labute approximate surface area is 104 Å². The van der Waals surface area contributed by atoms with Crippen molar-refractivity contribution in [1.29, 1.82) is 0 Å². The van der Waals surface area contributed by atoms with Crippen LogP contribution >= 0.6 is 0 Å². The van der Waals surface area contributed by atoms with Crippen LogP contribution in [-0.4, -0.2) is 20.1 Å². The number of rotatable bonds is 5. The first-order chi connectivity index (χ1) is 8.09. The van der Waals surface area contributed by atoms with Gasteiger partial charge in [-0.25, -0.2) is 0 Å². The molecular formula is C15H22N2. The molecule has 0 amide bonds. The molecule has 92 valence electrons. The number of allylic oxidation sites excluding steroid dienone is 2. The zero-order valence-corrected chi connectivity index (χ0v) is 10.9. The van der Waals surface area contributed by atoms with Crippen molar-refractivity contribution in [2.24, 2.45) is 5.73 Å². The van der Waals surface area contributed by atoms with Crippen LogP contribution in [0.1, 0.15) is 18.9 Å². The molecule has 0 bridgehead atoms.